The van der Waals surface area contributed by atoms with E-state index in [1.54, 1.807) is 6.92 Å². The molecule has 0 saturated heterocycles. The summed E-state index contributed by atoms with van der Waals surface area (Å²) < 4.78 is 80.2. The van der Waals surface area contributed by atoms with Crippen LogP contribution in [0.4, 0.5) is 0 Å². The Balaban J connectivity index is 1.68. The van der Waals surface area contributed by atoms with Crippen molar-refractivity contribution >= 4 is 16.4 Å². The fourth-order valence-corrected chi connectivity index (χ4v) is 8.39. The van der Waals surface area contributed by atoms with E-state index in [0.29, 0.717) is 18.8 Å². The fraction of sp³-hybridized carbons (Fsp3) is 0.958. The van der Waals surface area contributed by atoms with Crippen LogP contribution in [0.2, 0.25) is 0 Å². The van der Waals surface area contributed by atoms with E-state index in [9.17, 15) is 22.9 Å². The molecule has 0 unspecified atom stereocenters. The lowest BCUT2D eigenvalue weighted by molar-refractivity contribution is -0.172. The second-order valence-electron chi connectivity index (χ2n) is 11.1. The van der Waals surface area contributed by atoms with Gasteiger partial charge in [-0.3, -0.25) is 9.35 Å². The fourth-order valence-electron chi connectivity index (χ4n) is 8.07. The van der Waals surface area contributed by atoms with Gasteiger partial charge in [0, 0.05) is 11.9 Å². The van der Waals surface area contributed by atoms with Gasteiger partial charge in [-0.25, -0.2) is 4.18 Å². The molecule has 0 aromatic heterocycles. The summed E-state index contributed by atoms with van der Waals surface area (Å²) in [7, 11) is -5.33. The van der Waals surface area contributed by atoms with Crippen molar-refractivity contribution in [3.63, 3.8) is 0 Å². The summed E-state index contributed by atoms with van der Waals surface area (Å²) in [5.74, 6) is -1.71. The van der Waals surface area contributed by atoms with Gasteiger partial charge in [-0.2, -0.15) is 8.42 Å². The van der Waals surface area contributed by atoms with Gasteiger partial charge < -0.3 is 10.2 Å². The maximum absolute atomic E-state index is 11.5. The molecule has 7 nitrogen and oxygen atoms in total. The number of carboxylic acid groups (broad SMARTS) is 1. The van der Waals surface area contributed by atoms with Crippen LogP contribution in [-0.2, 0) is 19.4 Å². The normalized spacial score (nSPS) is 55.0. The molecular weight excluding hydrogens is 432 g/mol. The Morgan fingerprint density at radius 3 is 2.56 bits per heavy atom. The number of hydrogen-bond donors (Lipinski definition) is 3. The van der Waals surface area contributed by atoms with Crippen molar-refractivity contribution in [1.82, 2.24) is 0 Å². The van der Waals surface area contributed by atoms with Crippen molar-refractivity contribution < 1.29 is 39.0 Å². The molecule has 32 heavy (non-hydrogen) atoms. The minimum Gasteiger partial charge on any atom is -0.481 e. The predicted octanol–water partition coefficient (Wildman–Crippen LogP) is 4.31. The molecule has 3 N–H and O–H groups in total. The van der Waals surface area contributed by atoms with Crippen LogP contribution in [-0.4, -0.2) is 41.3 Å². The summed E-state index contributed by atoms with van der Waals surface area (Å²) in [4.78, 5) is 11.1. The standard InChI is InChI=1S/C24H40O7S/c1-14(4-7-21(26)27)17-5-6-18-22-19(9-11-24(17,18)3)23(2)10-8-16(31-32(28,29)30)12-15(23)13-20(22)25/h14-20,22,25H,4-13H2,1-3H3,(H,26,27)(H,28,29,30)/t14-,15+,16-,17-,18+,19+,20-,22+,23+,24-/m1/s1/i8D2,12D2,16D. The third kappa shape index (κ3) is 4.25. The van der Waals surface area contributed by atoms with Crippen molar-refractivity contribution in [2.45, 2.75) is 97.1 Å². The number of carboxylic acids is 1. The third-order valence-corrected chi connectivity index (χ3v) is 9.97. The summed E-state index contributed by atoms with van der Waals surface area (Å²) in [6.45, 7) is 6.11. The van der Waals surface area contributed by atoms with E-state index in [-0.39, 0.29) is 48.3 Å². The Morgan fingerprint density at radius 1 is 1.22 bits per heavy atom. The van der Waals surface area contributed by atoms with Crippen LogP contribution < -0.4 is 0 Å². The van der Waals surface area contributed by atoms with Crippen molar-refractivity contribution in [3.8, 4) is 0 Å². The van der Waals surface area contributed by atoms with E-state index in [0.717, 1.165) is 19.3 Å². The lowest BCUT2D eigenvalue weighted by Crippen LogP contribution is -2.58. The lowest BCUT2D eigenvalue weighted by Gasteiger charge is -2.62. The van der Waals surface area contributed by atoms with Crippen LogP contribution in [0.1, 0.15) is 91.7 Å². The highest BCUT2D eigenvalue weighted by molar-refractivity contribution is 7.80. The molecule has 0 aromatic carbocycles. The largest absolute Gasteiger partial charge is 0.481 e. The van der Waals surface area contributed by atoms with Crippen LogP contribution in [0.3, 0.4) is 0 Å². The molecule has 4 saturated carbocycles. The summed E-state index contributed by atoms with van der Waals surface area (Å²) in [5.41, 5.74) is -1.10. The van der Waals surface area contributed by atoms with Gasteiger partial charge in [-0.1, -0.05) is 20.8 Å². The molecule has 0 heterocycles. The molecule has 0 radical (unpaired) electrons. The van der Waals surface area contributed by atoms with Crippen LogP contribution in [0.5, 0.6) is 0 Å². The van der Waals surface area contributed by atoms with Crippen molar-refractivity contribution in [2.75, 3.05) is 0 Å². The number of rotatable bonds is 6. The molecule has 4 aliphatic rings. The highest BCUT2D eigenvalue weighted by Crippen LogP contribution is 2.68. The first kappa shape index (κ1) is 18.6. The smallest absolute Gasteiger partial charge is 0.397 e. The highest BCUT2D eigenvalue weighted by Gasteiger charge is 2.63. The van der Waals surface area contributed by atoms with E-state index in [2.05, 4.69) is 18.0 Å². The molecule has 0 spiro atoms. The number of aliphatic hydroxyl groups excluding tert-OH is 1. The second-order valence-corrected chi connectivity index (χ2v) is 12.2. The van der Waals surface area contributed by atoms with Gasteiger partial charge >= 0.3 is 16.4 Å². The molecule has 8 heteroatoms. The Labute approximate surface area is 199 Å². The number of aliphatic hydroxyl groups is 1. The molecule has 4 fully saturated rings. The third-order valence-electron chi connectivity index (χ3n) is 9.59. The molecule has 0 bridgehead atoms. The maximum Gasteiger partial charge on any atom is 0.397 e. The molecule has 184 valence electrons. The second kappa shape index (κ2) is 8.51. The Hall–Kier alpha value is -0.700. The van der Waals surface area contributed by atoms with Gasteiger partial charge in [0.05, 0.1) is 13.6 Å². The average Bonchev–Trinajstić information content (AvgIpc) is 3.08. The zero-order chi connectivity index (χ0) is 28.0. The van der Waals surface area contributed by atoms with Crippen molar-refractivity contribution in [3.05, 3.63) is 0 Å². The number of hydrogen-bond acceptors (Lipinski definition) is 5. The lowest BCUT2D eigenvalue weighted by atomic mass is 9.43. The molecule has 10 atom stereocenters. The Morgan fingerprint density at radius 2 is 1.91 bits per heavy atom. The summed E-state index contributed by atoms with van der Waals surface area (Å²) in [5, 5.41) is 20.6. The number of fused-ring (bicyclic) bond motifs is 5. The minimum atomic E-state index is -5.33. The zero-order valence-electron chi connectivity index (χ0n) is 24.1. The number of aliphatic carboxylic acids is 1. The molecule has 0 aliphatic heterocycles. The molecule has 0 aromatic rings. The molecule has 4 aliphatic carbocycles. The van der Waals surface area contributed by atoms with Crippen molar-refractivity contribution in [2.24, 2.45) is 46.3 Å². The van der Waals surface area contributed by atoms with Gasteiger partial charge in [0.25, 0.3) is 0 Å². The quantitative estimate of drug-likeness (QED) is 0.488. The highest BCUT2D eigenvalue weighted by atomic mass is 32.3. The van der Waals surface area contributed by atoms with E-state index >= 15 is 0 Å². The van der Waals surface area contributed by atoms with E-state index < -0.39 is 52.6 Å². The number of carbonyl (C=O) groups is 1. The van der Waals surface area contributed by atoms with Crippen LogP contribution in [0, 0.1) is 46.3 Å². The minimum absolute atomic E-state index is 0.0674. The van der Waals surface area contributed by atoms with Crippen LogP contribution in [0.15, 0.2) is 0 Å². The SMILES string of the molecule is [2H]C1([2H])C[C@@]2(C)[C@H](C[C@@H](O)[C@@H]3[C@@H]2CC[C@]2(C)[C@@H]([C@H](C)CCC(=O)O)CC[C@@H]32)C([2H])([2H])[C@]1([2H])OS(=O)(=O)O. The van der Waals surface area contributed by atoms with Crippen LogP contribution >= 0.6 is 0 Å². The summed E-state index contributed by atoms with van der Waals surface area (Å²) >= 11 is 0. The van der Waals surface area contributed by atoms with E-state index in [4.69, 9.17) is 12.0 Å². The van der Waals surface area contributed by atoms with E-state index in [1.165, 1.54) is 0 Å². The molecular formula is C24H40O7S. The monoisotopic (exact) mass is 477 g/mol. The van der Waals surface area contributed by atoms with Crippen LogP contribution in [0.25, 0.3) is 0 Å². The Kier molecular flexibility index (Phi) is 4.95. The first-order chi connectivity index (χ1) is 16.7. The van der Waals surface area contributed by atoms with Gasteiger partial charge in [0.2, 0.25) is 0 Å². The van der Waals surface area contributed by atoms with E-state index in [1.807, 2.05) is 0 Å². The van der Waals surface area contributed by atoms with Gasteiger partial charge in [-0.15, -0.1) is 0 Å². The average molecular weight is 478 g/mol. The summed E-state index contributed by atoms with van der Waals surface area (Å²) in [6, 6.07) is 0. The zero-order valence-corrected chi connectivity index (χ0v) is 19.9. The molecule has 4 rings (SSSR count). The van der Waals surface area contributed by atoms with Gasteiger partial charge in [0.15, 0.2) is 0 Å². The summed E-state index contributed by atoms with van der Waals surface area (Å²) in [6.07, 6.45) is -6.24. The molecule has 0 amide bonds. The first-order valence-corrected chi connectivity index (χ1v) is 13.2. The predicted molar refractivity (Wildman–Crippen MR) is 119 cm³/mol. The topological polar surface area (TPSA) is 121 Å². The van der Waals surface area contributed by atoms with Crippen molar-refractivity contribution in [1.29, 1.82) is 0 Å². The Bertz CT molecular complexity index is 1040. The first-order valence-electron chi connectivity index (χ1n) is 14.3. The maximum atomic E-state index is 11.5. The van der Waals surface area contributed by atoms with Gasteiger partial charge in [-0.05, 0) is 104 Å². The van der Waals surface area contributed by atoms with Gasteiger partial charge in [0.1, 0.15) is 0 Å².